The average Bonchev–Trinajstić information content (AvgIpc) is 2.95. The van der Waals surface area contributed by atoms with E-state index in [4.69, 9.17) is 9.84 Å². The lowest BCUT2D eigenvalue weighted by molar-refractivity contribution is -0.123. The van der Waals surface area contributed by atoms with E-state index in [0.717, 1.165) is 28.2 Å². The number of aromatic nitrogens is 2. The van der Waals surface area contributed by atoms with Crippen molar-refractivity contribution in [1.82, 2.24) is 15.3 Å². The predicted molar refractivity (Wildman–Crippen MR) is 89.4 cm³/mol. The third kappa shape index (κ3) is 3.15. The summed E-state index contributed by atoms with van der Waals surface area (Å²) in [6.45, 7) is 2.54. The summed E-state index contributed by atoms with van der Waals surface area (Å²) in [5, 5.41) is 13.4. The minimum absolute atomic E-state index is 0.0198. The van der Waals surface area contributed by atoms with E-state index in [0.29, 0.717) is 12.3 Å². The van der Waals surface area contributed by atoms with Gasteiger partial charge in [-0.1, -0.05) is 6.92 Å². The number of amides is 1. The van der Waals surface area contributed by atoms with E-state index in [1.165, 1.54) is 12.3 Å². The second kappa shape index (κ2) is 6.57. The summed E-state index contributed by atoms with van der Waals surface area (Å²) in [6.07, 6.45) is 2.37. The van der Waals surface area contributed by atoms with Gasteiger partial charge in [0.25, 0.3) is 5.91 Å². The maximum atomic E-state index is 11.6. The third-order valence-electron chi connectivity index (χ3n) is 3.62. The zero-order valence-electron chi connectivity index (χ0n) is 13.1. The number of H-pyrrole nitrogens is 1. The highest BCUT2D eigenvalue weighted by atomic mass is 16.5. The molecule has 0 saturated heterocycles. The van der Waals surface area contributed by atoms with Crippen LogP contribution >= 0.6 is 0 Å². The van der Waals surface area contributed by atoms with Gasteiger partial charge in [0.15, 0.2) is 6.61 Å². The van der Waals surface area contributed by atoms with E-state index in [-0.39, 0.29) is 18.2 Å². The normalized spacial score (nSPS) is 10.9. The summed E-state index contributed by atoms with van der Waals surface area (Å²) in [5.41, 5.74) is 1.57. The maximum Gasteiger partial charge on any atom is 0.354 e. The number of nitrogens with one attached hydrogen (secondary N) is 2. The fourth-order valence-corrected chi connectivity index (χ4v) is 2.45. The summed E-state index contributed by atoms with van der Waals surface area (Å²) >= 11 is 0. The van der Waals surface area contributed by atoms with Crippen LogP contribution in [0.2, 0.25) is 0 Å². The maximum absolute atomic E-state index is 11.6. The number of carbonyl (C=O) groups is 2. The molecule has 0 atom stereocenters. The Hall–Kier alpha value is -3.09. The first-order chi connectivity index (χ1) is 11.6. The monoisotopic (exact) mass is 327 g/mol. The lowest BCUT2D eigenvalue weighted by Gasteiger charge is -2.06. The Bertz CT molecular complexity index is 917. The van der Waals surface area contributed by atoms with Gasteiger partial charge in [-0.2, -0.15) is 0 Å². The molecule has 3 rings (SSSR count). The van der Waals surface area contributed by atoms with Crippen molar-refractivity contribution in [3.05, 3.63) is 36.2 Å². The molecule has 0 aliphatic rings. The second-order valence-electron chi connectivity index (χ2n) is 5.39. The van der Waals surface area contributed by atoms with Crippen molar-refractivity contribution in [3.8, 4) is 5.75 Å². The van der Waals surface area contributed by atoms with E-state index < -0.39 is 5.97 Å². The van der Waals surface area contributed by atoms with Gasteiger partial charge in [-0.3, -0.25) is 4.79 Å². The molecular weight excluding hydrogens is 310 g/mol. The van der Waals surface area contributed by atoms with Crippen LogP contribution < -0.4 is 10.1 Å². The van der Waals surface area contributed by atoms with Crippen molar-refractivity contribution in [3.63, 3.8) is 0 Å². The first-order valence-electron chi connectivity index (χ1n) is 7.62. The van der Waals surface area contributed by atoms with Gasteiger partial charge in [0.05, 0.1) is 11.7 Å². The number of ether oxygens (including phenoxy) is 1. The highest BCUT2D eigenvalue weighted by Gasteiger charge is 2.11. The van der Waals surface area contributed by atoms with E-state index in [1.807, 2.05) is 13.0 Å². The molecule has 1 aromatic carbocycles. The molecule has 7 nitrogen and oxygen atoms in total. The molecule has 3 aromatic rings. The molecule has 2 aromatic heterocycles. The van der Waals surface area contributed by atoms with Crippen molar-refractivity contribution < 1.29 is 19.4 Å². The van der Waals surface area contributed by atoms with Gasteiger partial charge in [0, 0.05) is 22.8 Å². The topological polar surface area (TPSA) is 104 Å². The number of aromatic carboxylic acids is 1. The molecule has 2 heterocycles. The van der Waals surface area contributed by atoms with Crippen LogP contribution in [0.4, 0.5) is 0 Å². The molecule has 0 radical (unpaired) electrons. The van der Waals surface area contributed by atoms with Crippen molar-refractivity contribution in [1.29, 1.82) is 0 Å². The average molecular weight is 327 g/mol. The number of hydrogen-bond acceptors (Lipinski definition) is 4. The number of fused-ring (bicyclic) bond motifs is 3. The molecule has 0 spiro atoms. The largest absolute Gasteiger partial charge is 0.484 e. The molecule has 3 N–H and O–H groups in total. The summed E-state index contributed by atoms with van der Waals surface area (Å²) in [6, 6.07) is 6.90. The second-order valence-corrected chi connectivity index (χ2v) is 5.39. The molecule has 0 bridgehead atoms. The van der Waals surface area contributed by atoms with Crippen LogP contribution in [0, 0.1) is 0 Å². The molecule has 1 amide bonds. The summed E-state index contributed by atoms with van der Waals surface area (Å²) in [5.74, 6) is -0.705. The fourth-order valence-electron chi connectivity index (χ4n) is 2.45. The van der Waals surface area contributed by atoms with Gasteiger partial charge in [-0.25, -0.2) is 9.78 Å². The quantitative estimate of drug-likeness (QED) is 0.644. The van der Waals surface area contributed by atoms with Crippen LogP contribution in [0.15, 0.2) is 30.5 Å². The van der Waals surface area contributed by atoms with Crippen molar-refractivity contribution >= 4 is 33.7 Å². The Morgan fingerprint density at radius 3 is 2.79 bits per heavy atom. The van der Waals surface area contributed by atoms with Gasteiger partial charge < -0.3 is 20.1 Å². The summed E-state index contributed by atoms with van der Waals surface area (Å²) in [7, 11) is 0. The van der Waals surface area contributed by atoms with Crippen LogP contribution in [0.1, 0.15) is 23.8 Å². The van der Waals surface area contributed by atoms with Crippen molar-refractivity contribution in [2.45, 2.75) is 13.3 Å². The fraction of sp³-hybridized carbons (Fsp3) is 0.235. The van der Waals surface area contributed by atoms with Crippen molar-refractivity contribution in [2.75, 3.05) is 13.2 Å². The number of hydrogen-bond donors (Lipinski definition) is 3. The Morgan fingerprint density at radius 1 is 1.25 bits per heavy atom. The van der Waals surface area contributed by atoms with Crippen LogP contribution in [0.5, 0.6) is 5.75 Å². The molecule has 0 unspecified atom stereocenters. The molecule has 0 aliphatic heterocycles. The Labute approximate surface area is 137 Å². The number of benzene rings is 1. The van der Waals surface area contributed by atoms with Crippen LogP contribution in [-0.4, -0.2) is 40.1 Å². The lowest BCUT2D eigenvalue weighted by atomic mass is 10.1. The van der Waals surface area contributed by atoms with E-state index in [9.17, 15) is 9.59 Å². The molecule has 124 valence electrons. The van der Waals surface area contributed by atoms with Crippen LogP contribution in [0.3, 0.4) is 0 Å². The van der Waals surface area contributed by atoms with E-state index in [1.54, 1.807) is 12.1 Å². The van der Waals surface area contributed by atoms with Gasteiger partial charge in [0.1, 0.15) is 11.4 Å². The highest BCUT2D eigenvalue weighted by molar-refractivity contribution is 6.09. The molecule has 0 saturated carbocycles. The number of aromatic amines is 1. The van der Waals surface area contributed by atoms with Gasteiger partial charge in [0.2, 0.25) is 0 Å². The van der Waals surface area contributed by atoms with Gasteiger partial charge in [-0.15, -0.1) is 0 Å². The standard InChI is InChI=1S/C17H17N3O4/c1-2-5-18-16(21)9-24-10-3-4-13-11(6-10)12-7-14(17(22)23)19-8-15(12)20-13/h3-4,6-8,20H,2,5,9H2,1H3,(H,18,21)(H,22,23). The zero-order chi connectivity index (χ0) is 17.1. The molecular formula is C17H17N3O4. The summed E-state index contributed by atoms with van der Waals surface area (Å²) < 4.78 is 5.51. The number of carboxylic acid groups (broad SMARTS) is 1. The van der Waals surface area contributed by atoms with Crippen LogP contribution in [-0.2, 0) is 4.79 Å². The van der Waals surface area contributed by atoms with E-state index in [2.05, 4.69) is 15.3 Å². The minimum atomic E-state index is -1.08. The molecule has 0 aliphatic carbocycles. The smallest absolute Gasteiger partial charge is 0.354 e. The predicted octanol–water partition coefficient (Wildman–Crippen LogP) is 2.32. The van der Waals surface area contributed by atoms with E-state index >= 15 is 0 Å². The van der Waals surface area contributed by atoms with Crippen molar-refractivity contribution in [2.24, 2.45) is 0 Å². The summed E-state index contributed by atoms with van der Waals surface area (Å²) in [4.78, 5) is 29.8. The Morgan fingerprint density at radius 2 is 2.04 bits per heavy atom. The SMILES string of the molecule is CCCNC(=O)COc1ccc2[nH]c3cnc(C(=O)O)cc3c2c1. The molecule has 0 fully saturated rings. The minimum Gasteiger partial charge on any atom is -0.484 e. The van der Waals surface area contributed by atoms with Gasteiger partial charge in [-0.05, 0) is 30.7 Å². The Balaban J connectivity index is 1.88. The Kier molecular flexibility index (Phi) is 4.33. The third-order valence-corrected chi connectivity index (χ3v) is 3.62. The number of carbonyl (C=O) groups excluding carboxylic acids is 1. The first-order valence-corrected chi connectivity index (χ1v) is 7.62. The first kappa shape index (κ1) is 15.8. The van der Waals surface area contributed by atoms with Gasteiger partial charge >= 0.3 is 5.97 Å². The number of pyridine rings is 1. The molecule has 24 heavy (non-hydrogen) atoms. The highest BCUT2D eigenvalue weighted by Crippen LogP contribution is 2.28. The van der Waals surface area contributed by atoms with Crippen LogP contribution in [0.25, 0.3) is 21.8 Å². The lowest BCUT2D eigenvalue weighted by Crippen LogP contribution is -2.29. The zero-order valence-corrected chi connectivity index (χ0v) is 13.1. The number of carboxylic acids is 1. The molecule has 7 heteroatoms. The number of rotatable bonds is 6. The number of nitrogens with zero attached hydrogens (tertiary/aromatic N) is 1.